The van der Waals surface area contributed by atoms with Gasteiger partial charge < -0.3 is 15.4 Å². The largest absolute Gasteiger partial charge is 0.494 e. The van der Waals surface area contributed by atoms with Crippen molar-refractivity contribution in [2.45, 2.75) is 18.9 Å². The van der Waals surface area contributed by atoms with E-state index in [4.69, 9.17) is 4.74 Å². The highest BCUT2D eigenvalue weighted by molar-refractivity contribution is 6.02. The van der Waals surface area contributed by atoms with E-state index in [1.807, 2.05) is 0 Å². The van der Waals surface area contributed by atoms with E-state index in [2.05, 4.69) is 15.7 Å². The van der Waals surface area contributed by atoms with E-state index in [1.54, 1.807) is 16.9 Å². The van der Waals surface area contributed by atoms with Crippen LogP contribution in [0.1, 0.15) is 29.4 Å². The molecule has 0 radical (unpaired) electrons. The fourth-order valence-corrected chi connectivity index (χ4v) is 2.69. The Balaban J connectivity index is 1.73. The highest BCUT2D eigenvalue weighted by atomic mass is 19.1. The molecule has 1 atom stereocenters. The van der Waals surface area contributed by atoms with Crippen molar-refractivity contribution in [3.8, 4) is 5.75 Å². The van der Waals surface area contributed by atoms with Gasteiger partial charge >= 0.3 is 0 Å². The summed E-state index contributed by atoms with van der Waals surface area (Å²) in [5.41, 5.74) is -0.108. The van der Waals surface area contributed by atoms with E-state index >= 15 is 0 Å². The van der Waals surface area contributed by atoms with Gasteiger partial charge in [0.25, 0.3) is 5.91 Å². The molecule has 1 aliphatic rings. The van der Waals surface area contributed by atoms with Crippen LogP contribution >= 0.6 is 0 Å². The van der Waals surface area contributed by atoms with Crippen LogP contribution in [0.4, 0.5) is 14.5 Å². The first kappa shape index (κ1) is 16.4. The Morgan fingerprint density at radius 1 is 1.42 bits per heavy atom. The average molecular weight is 336 g/mol. The third-order valence-corrected chi connectivity index (χ3v) is 3.98. The second kappa shape index (κ2) is 6.96. The first-order valence-corrected chi connectivity index (χ1v) is 7.68. The molecule has 128 valence electrons. The number of halogens is 2. The maximum atomic E-state index is 13.9. The van der Waals surface area contributed by atoms with Gasteiger partial charge in [0.1, 0.15) is 0 Å². The molecule has 0 bridgehead atoms. The number of anilines is 1. The number of nitrogens with one attached hydrogen (secondary N) is 2. The van der Waals surface area contributed by atoms with Crippen LogP contribution in [-0.2, 0) is 0 Å². The lowest BCUT2D eigenvalue weighted by atomic mass is 10.1. The Morgan fingerprint density at radius 3 is 2.96 bits per heavy atom. The predicted molar refractivity (Wildman–Crippen MR) is 84.2 cm³/mol. The molecular formula is C16H18F2N4O2. The predicted octanol–water partition coefficient (Wildman–Crippen LogP) is 2.35. The highest BCUT2D eigenvalue weighted by Gasteiger charge is 2.19. The van der Waals surface area contributed by atoms with Crippen LogP contribution in [0.15, 0.2) is 24.4 Å². The van der Waals surface area contributed by atoms with Gasteiger partial charge in [-0.15, -0.1) is 0 Å². The number of hydrogen-bond donors (Lipinski definition) is 2. The lowest BCUT2D eigenvalue weighted by Crippen LogP contribution is -2.32. The van der Waals surface area contributed by atoms with E-state index in [0.29, 0.717) is 0 Å². The van der Waals surface area contributed by atoms with E-state index in [1.165, 1.54) is 7.11 Å². The number of amides is 1. The summed E-state index contributed by atoms with van der Waals surface area (Å²) >= 11 is 0. The standard InChI is InChI=1S/C16H18F2N4O2/c1-24-15-8-11(17)14(7-12(15)18)20-16(23)13-4-6-22(21-13)10-3-2-5-19-9-10/h4,6-8,10,19H,2-3,5,9H2,1H3,(H,20,23). The molecule has 1 fully saturated rings. The van der Waals surface area contributed by atoms with Gasteiger partial charge in [-0.1, -0.05) is 0 Å². The van der Waals surface area contributed by atoms with Gasteiger partial charge in [0.05, 0.1) is 18.8 Å². The first-order valence-electron chi connectivity index (χ1n) is 7.68. The van der Waals surface area contributed by atoms with Gasteiger partial charge in [0.2, 0.25) is 0 Å². The van der Waals surface area contributed by atoms with Crippen LogP contribution in [0.25, 0.3) is 0 Å². The van der Waals surface area contributed by atoms with Crippen molar-refractivity contribution in [2.75, 3.05) is 25.5 Å². The number of rotatable bonds is 4. The summed E-state index contributed by atoms with van der Waals surface area (Å²) in [7, 11) is 1.24. The molecule has 1 aliphatic heterocycles. The molecule has 3 rings (SSSR count). The van der Waals surface area contributed by atoms with Crippen LogP contribution < -0.4 is 15.4 Å². The third-order valence-electron chi connectivity index (χ3n) is 3.98. The summed E-state index contributed by atoms with van der Waals surface area (Å²) in [6.07, 6.45) is 3.74. The van der Waals surface area contributed by atoms with Crippen LogP contribution in [0.5, 0.6) is 5.75 Å². The van der Waals surface area contributed by atoms with Crippen molar-refractivity contribution in [3.05, 3.63) is 41.7 Å². The van der Waals surface area contributed by atoms with E-state index in [9.17, 15) is 13.6 Å². The van der Waals surface area contributed by atoms with Gasteiger partial charge in [0.15, 0.2) is 23.1 Å². The number of carbonyl (C=O) groups is 1. The first-order chi connectivity index (χ1) is 11.6. The van der Waals surface area contributed by atoms with E-state index in [0.717, 1.165) is 38.1 Å². The van der Waals surface area contributed by atoms with Crippen molar-refractivity contribution in [1.29, 1.82) is 0 Å². The lowest BCUT2D eigenvalue weighted by Gasteiger charge is -2.22. The summed E-state index contributed by atoms with van der Waals surface area (Å²) in [5.74, 6) is -2.36. The smallest absolute Gasteiger partial charge is 0.276 e. The van der Waals surface area contributed by atoms with Gasteiger partial charge in [-0.25, -0.2) is 8.78 Å². The van der Waals surface area contributed by atoms with Crippen molar-refractivity contribution in [3.63, 3.8) is 0 Å². The lowest BCUT2D eigenvalue weighted by molar-refractivity contribution is 0.102. The molecule has 2 heterocycles. The summed E-state index contributed by atoms with van der Waals surface area (Å²) in [6.45, 7) is 1.77. The van der Waals surface area contributed by atoms with Crippen molar-refractivity contribution in [2.24, 2.45) is 0 Å². The molecule has 0 aliphatic carbocycles. The van der Waals surface area contributed by atoms with Crippen LogP contribution in [0.2, 0.25) is 0 Å². The van der Waals surface area contributed by atoms with Gasteiger partial charge in [-0.3, -0.25) is 9.48 Å². The number of nitrogens with zero attached hydrogens (tertiary/aromatic N) is 2. The fourth-order valence-electron chi connectivity index (χ4n) is 2.69. The number of aromatic nitrogens is 2. The normalized spacial score (nSPS) is 17.5. The molecule has 2 N–H and O–H groups in total. The number of piperidine rings is 1. The molecule has 1 aromatic carbocycles. The SMILES string of the molecule is COc1cc(F)c(NC(=O)c2ccn(C3CCCNC3)n2)cc1F. The Morgan fingerprint density at radius 2 is 2.25 bits per heavy atom. The summed E-state index contributed by atoms with van der Waals surface area (Å²) < 4.78 is 34.0. The van der Waals surface area contributed by atoms with Gasteiger partial charge in [-0.05, 0) is 25.5 Å². The summed E-state index contributed by atoms with van der Waals surface area (Å²) in [5, 5.41) is 9.85. The second-order valence-corrected chi connectivity index (χ2v) is 5.60. The minimum absolute atomic E-state index is 0.149. The minimum atomic E-state index is -0.780. The topological polar surface area (TPSA) is 68.2 Å². The van der Waals surface area contributed by atoms with E-state index < -0.39 is 17.5 Å². The number of carbonyl (C=O) groups excluding carboxylic acids is 1. The van der Waals surface area contributed by atoms with Crippen molar-refractivity contribution in [1.82, 2.24) is 15.1 Å². The van der Waals surface area contributed by atoms with Crippen molar-refractivity contribution >= 4 is 11.6 Å². The zero-order valence-electron chi connectivity index (χ0n) is 13.2. The molecule has 24 heavy (non-hydrogen) atoms. The molecular weight excluding hydrogens is 318 g/mol. The fraction of sp³-hybridized carbons (Fsp3) is 0.375. The Bertz CT molecular complexity index is 742. The van der Waals surface area contributed by atoms with Gasteiger partial charge in [-0.2, -0.15) is 5.10 Å². The van der Waals surface area contributed by atoms with Crippen molar-refractivity contribution < 1.29 is 18.3 Å². The zero-order chi connectivity index (χ0) is 17.1. The molecule has 1 saturated heterocycles. The van der Waals surface area contributed by atoms with Crippen LogP contribution in [-0.4, -0.2) is 35.9 Å². The monoisotopic (exact) mass is 336 g/mol. The molecule has 6 nitrogen and oxygen atoms in total. The Hall–Kier alpha value is -2.48. The summed E-state index contributed by atoms with van der Waals surface area (Å²) in [6, 6.07) is 3.52. The quantitative estimate of drug-likeness (QED) is 0.899. The van der Waals surface area contributed by atoms with E-state index in [-0.39, 0.29) is 23.2 Å². The van der Waals surface area contributed by atoms with Crippen LogP contribution in [0.3, 0.4) is 0 Å². The molecule has 1 amide bonds. The maximum Gasteiger partial charge on any atom is 0.276 e. The number of hydrogen-bond acceptors (Lipinski definition) is 4. The summed E-state index contributed by atoms with van der Waals surface area (Å²) in [4.78, 5) is 12.2. The maximum absolute atomic E-state index is 13.9. The molecule has 1 unspecified atom stereocenters. The zero-order valence-corrected chi connectivity index (χ0v) is 13.2. The number of ether oxygens (including phenoxy) is 1. The molecule has 1 aromatic heterocycles. The van der Waals surface area contributed by atoms with Gasteiger partial charge in [0, 0.05) is 24.9 Å². The number of methoxy groups -OCH3 is 1. The molecule has 8 heteroatoms. The minimum Gasteiger partial charge on any atom is -0.494 e. The van der Waals surface area contributed by atoms with Crippen LogP contribution in [0, 0.1) is 11.6 Å². The Labute approximate surface area is 137 Å². The molecule has 2 aromatic rings. The Kier molecular flexibility index (Phi) is 4.75. The number of benzene rings is 1. The molecule has 0 saturated carbocycles. The second-order valence-electron chi connectivity index (χ2n) is 5.60. The molecule has 0 spiro atoms. The highest BCUT2D eigenvalue weighted by Crippen LogP contribution is 2.25. The average Bonchev–Trinajstić information content (AvgIpc) is 3.09. The third kappa shape index (κ3) is 3.38.